The molecule has 0 aliphatic heterocycles. The molecule has 2 rings (SSSR count). The van der Waals surface area contributed by atoms with Gasteiger partial charge in [0.15, 0.2) is 0 Å². The number of carbonyl (C=O) groups is 2. The zero-order valence-electron chi connectivity index (χ0n) is 17.9. The van der Waals surface area contributed by atoms with Crippen molar-refractivity contribution in [2.45, 2.75) is 25.8 Å². The molecule has 0 bridgehead atoms. The summed E-state index contributed by atoms with van der Waals surface area (Å²) in [6.07, 6.45) is 1.36. The molecular formula is C23H31N3O4. The van der Waals surface area contributed by atoms with Gasteiger partial charge in [0.05, 0.1) is 6.54 Å². The molecule has 0 aliphatic carbocycles. The van der Waals surface area contributed by atoms with E-state index >= 15 is 0 Å². The van der Waals surface area contributed by atoms with Crippen molar-refractivity contribution in [3.05, 3.63) is 54.6 Å². The van der Waals surface area contributed by atoms with Gasteiger partial charge in [0.1, 0.15) is 17.5 Å². The SMILES string of the molecule is CCC(C(=O)O)N(C)CCCN(C)CC(=O)Nc1ccc(Oc2ccccc2)cc1. The lowest BCUT2D eigenvalue weighted by Crippen LogP contribution is -2.39. The van der Waals surface area contributed by atoms with Crippen molar-refractivity contribution in [2.75, 3.05) is 39.0 Å². The van der Waals surface area contributed by atoms with Crippen LogP contribution in [0.25, 0.3) is 0 Å². The number of nitrogens with zero attached hydrogens (tertiary/aromatic N) is 2. The van der Waals surface area contributed by atoms with Gasteiger partial charge in [-0.2, -0.15) is 0 Å². The quantitative estimate of drug-likeness (QED) is 0.554. The largest absolute Gasteiger partial charge is 0.480 e. The molecule has 1 atom stereocenters. The van der Waals surface area contributed by atoms with Gasteiger partial charge >= 0.3 is 5.97 Å². The van der Waals surface area contributed by atoms with Crippen molar-refractivity contribution >= 4 is 17.6 Å². The Morgan fingerprint density at radius 2 is 1.63 bits per heavy atom. The van der Waals surface area contributed by atoms with Crippen LogP contribution in [0.5, 0.6) is 11.5 Å². The number of likely N-dealkylation sites (N-methyl/N-ethyl adjacent to an activating group) is 2. The smallest absolute Gasteiger partial charge is 0.320 e. The third kappa shape index (κ3) is 7.85. The van der Waals surface area contributed by atoms with Crippen LogP contribution >= 0.6 is 0 Å². The average Bonchev–Trinajstić information content (AvgIpc) is 2.70. The molecule has 2 aromatic rings. The second-order valence-electron chi connectivity index (χ2n) is 7.32. The number of carboxylic acid groups (broad SMARTS) is 1. The van der Waals surface area contributed by atoms with Crippen molar-refractivity contribution in [1.82, 2.24) is 9.80 Å². The predicted molar refractivity (Wildman–Crippen MR) is 118 cm³/mol. The molecule has 7 heteroatoms. The number of ether oxygens (including phenoxy) is 1. The van der Waals surface area contributed by atoms with Crippen LogP contribution in [0.4, 0.5) is 5.69 Å². The maximum Gasteiger partial charge on any atom is 0.320 e. The van der Waals surface area contributed by atoms with E-state index in [9.17, 15) is 14.7 Å². The molecule has 0 saturated carbocycles. The minimum atomic E-state index is -0.798. The zero-order chi connectivity index (χ0) is 21.9. The van der Waals surface area contributed by atoms with Gasteiger partial charge in [0, 0.05) is 5.69 Å². The highest BCUT2D eigenvalue weighted by Gasteiger charge is 2.19. The molecule has 0 fully saturated rings. The van der Waals surface area contributed by atoms with Gasteiger partial charge in [-0.25, -0.2) is 0 Å². The molecule has 0 aromatic heterocycles. The summed E-state index contributed by atoms with van der Waals surface area (Å²) >= 11 is 0. The molecule has 0 heterocycles. The highest BCUT2D eigenvalue weighted by molar-refractivity contribution is 5.92. The lowest BCUT2D eigenvalue weighted by Gasteiger charge is -2.24. The highest BCUT2D eigenvalue weighted by Crippen LogP contribution is 2.22. The number of anilines is 1. The summed E-state index contributed by atoms with van der Waals surface area (Å²) in [5.41, 5.74) is 0.709. The van der Waals surface area contributed by atoms with E-state index in [1.54, 1.807) is 0 Å². The van der Waals surface area contributed by atoms with E-state index in [2.05, 4.69) is 5.32 Å². The first-order chi connectivity index (χ1) is 14.4. The molecule has 0 saturated heterocycles. The Hall–Kier alpha value is -2.90. The number of benzene rings is 2. The van der Waals surface area contributed by atoms with Crippen molar-refractivity contribution in [3.63, 3.8) is 0 Å². The lowest BCUT2D eigenvalue weighted by atomic mass is 10.2. The Bertz CT molecular complexity index is 796. The maximum atomic E-state index is 12.3. The minimum absolute atomic E-state index is 0.0976. The Balaban J connectivity index is 1.72. The van der Waals surface area contributed by atoms with Gasteiger partial charge in [0.2, 0.25) is 5.91 Å². The highest BCUT2D eigenvalue weighted by atomic mass is 16.5. The van der Waals surface area contributed by atoms with Crippen LogP contribution in [0.1, 0.15) is 19.8 Å². The number of nitrogens with one attached hydrogen (secondary N) is 1. The molecule has 1 unspecified atom stereocenters. The van der Waals surface area contributed by atoms with Crippen molar-refractivity contribution in [1.29, 1.82) is 0 Å². The van der Waals surface area contributed by atoms with Gasteiger partial charge in [-0.15, -0.1) is 0 Å². The third-order valence-corrected chi connectivity index (χ3v) is 4.78. The molecule has 0 aliphatic rings. The second kappa shape index (κ2) is 11.9. The first-order valence-corrected chi connectivity index (χ1v) is 10.1. The summed E-state index contributed by atoms with van der Waals surface area (Å²) in [5, 5.41) is 12.1. The fraction of sp³-hybridized carbons (Fsp3) is 0.391. The van der Waals surface area contributed by atoms with E-state index in [1.165, 1.54) is 0 Å². The Labute approximate surface area is 178 Å². The van der Waals surface area contributed by atoms with E-state index in [0.717, 1.165) is 12.2 Å². The minimum Gasteiger partial charge on any atom is -0.480 e. The van der Waals surface area contributed by atoms with Crippen molar-refractivity contribution in [3.8, 4) is 11.5 Å². The Morgan fingerprint density at radius 3 is 2.23 bits per heavy atom. The summed E-state index contributed by atoms with van der Waals surface area (Å²) in [5.74, 6) is 0.565. The van der Waals surface area contributed by atoms with Gasteiger partial charge in [-0.1, -0.05) is 25.1 Å². The van der Waals surface area contributed by atoms with Crippen LogP contribution < -0.4 is 10.1 Å². The summed E-state index contributed by atoms with van der Waals surface area (Å²) in [6, 6.07) is 16.3. The van der Waals surface area contributed by atoms with E-state index in [4.69, 9.17) is 4.74 Å². The standard InChI is InChI=1S/C23H31N3O4/c1-4-21(23(28)29)26(3)16-8-15-25(2)17-22(27)24-18-11-13-20(14-12-18)30-19-9-6-5-7-10-19/h5-7,9-14,21H,4,8,15-17H2,1-3H3,(H,24,27)(H,28,29). The first kappa shape index (κ1) is 23.4. The second-order valence-corrected chi connectivity index (χ2v) is 7.32. The zero-order valence-corrected chi connectivity index (χ0v) is 17.9. The normalized spacial score (nSPS) is 12.0. The van der Waals surface area contributed by atoms with E-state index in [1.807, 2.05) is 85.4 Å². The maximum absolute atomic E-state index is 12.3. The number of hydrogen-bond acceptors (Lipinski definition) is 5. The number of amides is 1. The lowest BCUT2D eigenvalue weighted by molar-refractivity contribution is -0.142. The topological polar surface area (TPSA) is 82.1 Å². The Kier molecular flexibility index (Phi) is 9.31. The number of hydrogen-bond donors (Lipinski definition) is 2. The van der Waals surface area contributed by atoms with Gasteiger partial charge in [-0.05, 0) is 76.4 Å². The molecule has 2 aromatic carbocycles. The number of rotatable bonds is 12. The van der Waals surface area contributed by atoms with E-state index in [-0.39, 0.29) is 12.5 Å². The molecule has 1 amide bonds. The van der Waals surface area contributed by atoms with Crippen LogP contribution in [0, 0.1) is 0 Å². The number of carbonyl (C=O) groups excluding carboxylic acids is 1. The summed E-state index contributed by atoms with van der Waals surface area (Å²) in [7, 11) is 3.70. The first-order valence-electron chi connectivity index (χ1n) is 10.1. The summed E-state index contributed by atoms with van der Waals surface area (Å²) in [4.78, 5) is 27.2. The van der Waals surface area contributed by atoms with Gasteiger partial charge < -0.3 is 15.2 Å². The predicted octanol–water partition coefficient (Wildman–Crippen LogP) is 3.53. The fourth-order valence-electron chi connectivity index (χ4n) is 3.18. The number of aliphatic carboxylic acids is 1. The van der Waals surface area contributed by atoms with Crippen LogP contribution in [0.3, 0.4) is 0 Å². The van der Waals surface area contributed by atoms with E-state index < -0.39 is 12.0 Å². The Morgan fingerprint density at radius 1 is 1.00 bits per heavy atom. The molecule has 162 valence electrons. The average molecular weight is 414 g/mol. The van der Waals surface area contributed by atoms with Crippen LogP contribution in [-0.2, 0) is 9.59 Å². The van der Waals surface area contributed by atoms with Crippen molar-refractivity contribution < 1.29 is 19.4 Å². The van der Waals surface area contributed by atoms with Gasteiger partial charge in [-0.3, -0.25) is 19.4 Å². The van der Waals surface area contributed by atoms with Crippen LogP contribution in [-0.4, -0.2) is 66.6 Å². The molecule has 0 radical (unpaired) electrons. The molecule has 30 heavy (non-hydrogen) atoms. The van der Waals surface area contributed by atoms with Gasteiger partial charge in [0.25, 0.3) is 0 Å². The molecule has 7 nitrogen and oxygen atoms in total. The molecular weight excluding hydrogens is 382 g/mol. The number of para-hydroxylation sites is 1. The molecule has 2 N–H and O–H groups in total. The fourth-order valence-corrected chi connectivity index (χ4v) is 3.18. The third-order valence-electron chi connectivity index (χ3n) is 4.78. The van der Waals surface area contributed by atoms with Crippen molar-refractivity contribution in [2.24, 2.45) is 0 Å². The monoisotopic (exact) mass is 413 g/mol. The van der Waals surface area contributed by atoms with E-state index in [0.29, 0.717) is 30.9 Å². The van der Waals surface area contributed by atoms with Crippen LogP contribution in [0.2, 0.25) is 0 Å². The summed E-state index contributed by atoms with van der Waals surface area (Å²) < 4.78 is 5.74. The molecule has 0 spiro atoms. The summed E-state index contributed by atoms with van der Waals surface area (Å²) in [6.45, 7) is 3.51. The van der Waals surface area contributed by atoms with Crippen LogP contribution in [0.15, 0.2) is 54.6 Å². The number of carboxylic acids is 1.